The van der Waals surface area contributed by atoms with Crippen LogP contribution in [0.5, 0.6) is 5.75 Å². The van der Waals surface area contributed by atoms with Crippen LogP contribution in [-0.2, 0) is 29.4 Å². The number of aliphatic carboxylic acids is 1. The Morgan fingerprint density at radius 2 is 1.51 bits per heavy atom. The predicted octanol–water partition coefficient (Wildman–Crippen LogP) is 4.69. The van der Waals surface area contributed by atoms with Gasteiger partial charge in [0.2, 0.25) is 11.8 Å². The van der Waals surface area contributed by atoms with E-state index in [9.17, 15) is 34.2 Å². The molecule has 0 aromatic heterocycles. The highest BCUT2D eigenvalue weighted by atomic mass is 16.4. The van der Waals surface area contributed by atoms with E-state index in [-0.39, 0.29) is 43.1 Å². The summed E-state index contributed by atoms with van der Waals surface area (Å²) in [6, 6.07) is 25.0. The van der Waals surface area contributed by atoms with Crippen molar-refractivity contribution in [1.29, 1.82) is 0 Å². The number of hydrogen-bond acceptors (Lipinski definition) is 6. The van der Waals surface area contributed by atoms with Crippen LogP contribution in [0.2, 0.25) is 0 Å². The third-order valence-corrected chi connectivity index (χ3v) is 10.3. The number of carboxylic acids is 1. The number of para-hydroxylation sites is 1. The third kappa shape index (κ3) is 4.23. The van der Waals surface area contributed by atoms with Gasteiger partial charge in [0.05, 0.1) is 23.7 Å². The Labute approximate surface area is 259 Å². The van der Waals surface area contributed by atoms with Gasteiger partial charge in [0.1, 0.15) is 5.75 Å². The molecule has 0 radical (unpaired) electrons. The summed E-state index contributed by atoms with van der Waals surface area (Å²) in [7, 11) is 0. The summed E-state index contributed by atoms with van der Waals surface area (Å²) < 4.78 is 0. The molecule has 4 aliphatic rings. The number of carbonyl (C=O) groups excluding carboxylic acids is 4. The van der Waals surface area contributed by atoms with Crippen molar-refractivity contribution in [3.63, 3.8) is 0 Å². The second-order valence-electron chi connectivity index (χ2n) is 12.3. The summed E-state index contributed by atoms with van der Waals surface area (Å²) in [5.74, 6) is -6.26. The second-order valence-corrected chi connectivity index (χ2v) is 12.3. The fourth-order valence-corrected chi connectivity index (χ4v) is 8.44. The monoisotopic (exact) mass is 601 g/mol. The van der Waals surface area contributed by atoms with E-state index in [4.69, 9.17) is 0 Å². The zero-order valence-corrected chi connectivity index (χ0v) is 24.3. The molecule has 1 aliphatic heterocycles. The molecule has 6 atom stereocenters. The van der Waals surface area contributed by atoms with E-state index >= 15 is 0 Å². The van der Waals surface area contributed by atoms with E-state index in [2.05, 4.69) is 0 Å². The summed E-state index contributed by atoms with van der Waals surface area (Å²) in [5, 5.41) is 20.6. The lowest BCUT2D eigenvalue weighted by atomic mass is 9.44. The van der Waals surface area contributed by atoms with Gasteiger partial charge in [-0.25, -0.2) is 0 Å². The van der Waals surface area contributed by atoms with Crippen molar-refractivity contribution in [1.82, 2.24) is 4.90 Å². The van der Waals surface area contributed by atoms with Crippen LogP contribution in [0.1, 0.15) is 41.9 Å². The first-order valence-electron chi connectivity index (χ1n) is 15.2. The van der Waals surface area contributed by atoms with Gasteiger partial charge in [-0.2, -0.15) is 0 Å². The number of aromatic hydroxyl groups is 1. The Bertz CT molecular complexity index is 1810. The predicted molar refractivity (Wildman–Crippen MR) is 164 cm³/mol. The Balaban J connectivity index is 1.46. The molecule has 2 N–H and O–H groups in total. The molecule has 1 saturated carbocycles. The van der Waals surface area contributed by atoms with E-state index in [1.165, 1.54) is 6.08 Å². The van der Waals surface area contributed by atoms with Crippen LogP contribution in [0.4, 0.5) is 0 Å². The number of allylic oxidation sites excluding steroid dienone is 4. The van der Waals surface area contributed by atoms with E-state index in [1.807, 2.05) is 42.5 Å². The first-order chi connectivity index (χ1) is 21.7. The number of ketones is 2. The van der Waals surface area contributed by atoms with Crippen LogP contribution < -0.4 is 0 Å². The Kier molecular flexibility index (Phi) is 6.88. The molecule has 45 heavy (non-hydrogen) atoms. The van der Waals surface area contributed by atoms with Crippen LogP contribution in [0, 0.1) is 23.7 Å². The van der Waals surface area contributed by atoms with Gasteiger partial charge < -0.3 is 10.2 Å². The SMILES string of the molecule is O=C(O)CCN1C(=O)[C@H]2[C@H](CC=C3[C@H]2C[C@H]2C(=O)C(c4ccccc4)=CC(=O)[C@@]2(c2ccccc2)[C@H]3c2ccccc2O)C1=O. The highest BCUT2D eigenvalue weighted by molar-refractivity contribution is 6.31. The number of benzene rings is 3. The number of phenols is 1. The van der Waals surface area contributed by atoms with Crippen molar-refractivity contribution in [2.45, 2.75) is 30.6 Å². The topological polar surface area (TPSA) is 129 Å². The first-order valence-corrected chi connectivity index (χ1v) is 15.2. The summed E-state index contributed by atoms with van der Waals surface area (Å²) >= 11 is 0. The molecule has 0 unspecified atom stereocenters. The number of hydrogen-bond donors (Lipinski definition) is 2. The van der Waals surface area contributed by atoms with Crippen molar-refractivity contribution in [3.05, 3.63) is 119 Å². The standard InChI is InChI=1S/C37H31NO7/c39-29-14-8-7-13-24(29)33-23-15-16-25-32(36(45)38(35(25)44)18-17-31(41)42)27(23)19-28-34(43)26(21-9-3-1-4-10-21)20-30(40)37(28,33)22-11-5-2-6-12-22/h1-15,20,25,27-28,32-33,39H,16-19H2,(H,41,42)/t25-,27+,28-,32-,33+,37-/m0/s1. The smallest absolute Gasteiger partial charge is 0.305 e. The minimum absolute atomic E-state index is 0.0322. The zero-order chi connectivity index (χ0) is 31.5. The summed E-state index contributed by atoms with van der Waals surface area (Å²) in [5.41, 5.74) is 1.36. The fourth-order valence-electron chi connectivity index (χ4n) is 8.44. The quantitative estimate of drug-likeness (QED) is 0.310. The molecule has 8 heteroatoms. The molecular weight excluding hydrogens is 570 g/mol. The van der Waals surface area contributed by atoms with Crippen LogP contribution in [0.3, 0.4) is 0 Å². The maximum Gasteiger partial charge on any atom is 0.305 e. The number of likely N-dealkylation sites (tertiary alicyclic amines) is 1. The molecule has 226 valence electrons. The first kappa shape index (κ1) is 28.6. The van der Waals surface area contributed by atoms with Crippen LogP contribution in [-0.4, -0.2) is 51.0 Å². The van der Waals surface area contributed by atoms with E-state index in [0.717, 1.165) is 10.5 Å². The highest BCUT2D eigenvalue weighted by Gasteiger charge is 2.66. The maximum absolute atomic E-state index is 14.9. The number of amides is 2. The lowest BCUT2D eigenvalue weighted by Crippen LogP contribution is -2.58. The number of imide groups is 1. The van der Waals surface area contributed by atoms with Crippen LogP contribution in [0.25, 0.3) is 5.57 Å². The summed E-state index contributed by atoms with van der Waals surface area (Å²) in [6.45, 7) is -0.222. The molecular formula is C37H31NO7. The highest BCUT2D eigenvalue weighted by Crippen LogP contribution is 2.64. The van der Waals surface area contributed by atoms with Gasteiger partial charge in [0, 0.05) is 29.5 Å². The van der Waals surface area contributed by atoms with Gasteiger partial charge in [-0.05, 0) is 42.0 Å². The van der Waals surface area contributed by atoms with Gasteiger partial charge in [0.25, 0.3) is 0 Å². The lowest BCUT2D eigenvalue weighted by Gasteiger charge is -2.55. The zero-order valence-electron chi connectivity index (χ0n) is 24.3. The fraction of sp³-hybridized carbons (Fsp3) is 0.270. The molecule has 1 heterocycles. The summed E-state index contributed by atoms with van der Waals surface area (Å²) in [4.78, 5) is 69.4. The average Bonchev–Trinajstić information content (AvgIpc) is 3.30. The normalized spacial score (nSPS) is 29.0. The van der Waals surface area contributed by atoms with Gasteiger partial charge in [-0.3, -0.25) is 28.9 Å². The Morgan fingerprint density at radius 1 is 0.844 bits per heavy atom. The minimum Gasteiger partial charge on any atom is -0.508 e. The largest absolute Gasteiger partial charge is 0.508 e. The molecule has 7 rings (SSSR count). The van der Waals surface area contributed by atoms with E-state index < -0.39 is 52.8 Å². The summed E-state index contributed by atoms with van der Waals surface area (Å²) in [6.07, 6.45) is 3.38. The minimum atomic E-state index is -1.42. The third-order valence-electron chi connectivity index (χ3n) is 10.3. The number of carbonyl (C=O) groups is 5. The Morgan fingerprint density at radius 3 is 2.20 bits per heavy atom. The van der Waals surface area contributed by atoms with E-state index in [0.29, 0.717) is 22.3 Å². The van der Waals surface area contributed by atoms with Crippen molar-refractivity contribution >= 4 is 34.9 Å². The average molecular weight is 602 g/mol. The number of fused-ring (bicyclic) bond motifs is 4. The maximum atomic E-state index is 14.9. The molecule has 2 amide bonds. The van der Waals surface area contributed by atoms with Gasteiger partial charge in [-0.15, -0.1) is 0 Å². The van der Waals surface area contributed by atoms with Crippen LogP contribution >= 0.6 is 0 Å². The van der Waals surface area contributed by atoms with Crippen molar-refractivity contribution in [3.8, 4) is 5.75 Å². The molecule has 3 aliphatic carbocycles. The van der Waals surface area contributed by atoms with Gasteiger partial charge in [0.15, 0.2) is 11.6 Å². The molecule has 0 spiro atoms. The molecule has 2 fully saturated rings. The number of carboxylic acid groups (broad SMARTS) is 1. The molecule has 3 aromatic rings. The van der Waals surface area contributed by atoms with Crippen molar-refractivity contribution in [2.75, 3.05) is 6.54 Å². The van der Waals surface area contributed by atoms with Crippen LogP contribution in [0.15, 0.2) is 103 Å². The van der Waals surface area contributed by atoms with Gasteiger partial charge in [-0.1, -0.05) is 90.5 Å². The van der Waals surface area contributed by atoms with E-state index in [1.54, 1.807) is 48.5 Å². The second kappa shape index (κ2) is 10.8. The Hall–Kier alpha value is -5.11. The molecule has 8 nitrogen and oxygen atoms in total. The molecule has 3 aromatic carbocycles. The number of phenolic OH excluding ortho intramolecular Hbond substituents is 1. The molecule has 1 saturated heterocycles. The lowest BCUT2D eigenvalue weighted by molar-refractivity contribution is -0.142. The van der Waals surface area contributed by atoms with Crippen molar-refractivity contribution in [2.24, 2.45) is 23.7 Å². The van der Waals surface area contributed by atoms with Crippen molar-refractivity contribution < 1.29 is 34.2 Å². The van der Waals surface area contributed by atoms with Gasteiger partial charge >= 0.3 is 5.97 Å². The number of Topliss-reactive ketones (excluding diaryl/α,β-unsaturated/α-hetero) is 1. The number of rotatable bonds is 6. The number of nitrogens with zero attached hydrogens (tertiary/aromatic N) is 1. The molecule has 0 bridgehead atoms.